The predicted molar refractivity (Wildman–Crippen MR) is 47.5 cm³/mol. The average molecular weight is 169 g/mol. The van der Waals surface area contributed by atoms with E-state index in [-0.39, 0.29) is 5.92 Å². The molecule has 0 saturated carbocycles. The number of rotatable bonds is 6. The van der Waals surface area contributed by atoms with Crippen molar-refractivity contribution in [3.05, 3.63) is 12.2 Å². The quantitative estimate of drug-likeness (QED) is 0.565. The summed E-state index contributed by atoms with van der Waals surface area (Å²) in [6.45, 7) is 3.94. The molecule has 0 aliphatic carbocycles. The molecule has 0 N–H and O–H groups in total. The van der Waals surface area contributed by atoms with Gasteiger partial charge in [-0.15, -0.1) is 0 Å². The van der Waals surface area contributed by atoms with Crippen molar-refractivity contribution in [1.82, 2.24) is 0 Å². The van der Waals surface area contributed by atoms with Gasteiger partial charge in [-0.25, -0.2) is 0 Å². The minimum absolute atomic E-state index is 0.272. The van der Waals surface area contributed by atoms with Gasteiger partial charge in [0.25, 0.3) is 0 Å². The molecule has 0 aliphatic rings. The summed E-state index contributed by atoms with van der Waals surface area (Å²) in [5.74, 6) is -1.19. The third-order valence-electron chi connectivity index (χ3n) is 1.91. The molecule has 0 rings (SSSR count). The van der Waals surface area contributed by atoms with E-state index in [0.717, 1.165) is 12.8 Å². The summed E-state index contributed by atoms with van der Waals surface area (Å²) >= 11 is 0. The second-order valence-electron chi connectivity index (χ2n) is 2.88. The average Bonchev–Trinajstić information content (AvgIpc) is 2.04. The molecule has 0 heterocycles. The molecular formula is C10H17O2-. The second kappa shape index (κ2) is 6.89. The first-order valence-electron chi connectivity index (χ1n) is 4.58. The van der Waals surface area contributed by atoms with Crippen LogP contribution >= 0.6 is 0 Å². The van der Waals surface area contributed by atoms with Gasteiger partial charge in [-0.05, 0) is 31.6 Å². The van der Waals surface area contributed by atoms with Crippen molar-refractivity contribution in [1.29, 1.82) is 0 Å². The lowest BCUT2D eigenvalue weighted by atomic mass is 10.0. The minimum atomic E-state index is -0.914. The van der Waals surface area contributed by atoms with E-state index in [1.807, 2.05) is 13.0 Å². The zero-order chi connectivity index (χ0) is 9.40. The van der Waals surface area contributed by atoms with E-state index in [4.69, 9.17) is 0 Å². The van der Waals surface area contributed by atoms with Gasteiger partial charge < -0.3 is 9.90 Å². The predicted octanol–water partition coefficient (Wildman–Crippen LogP) is 1.51. The molecule has 2 nitrogen and oxygen atoms in total. The molecule has 0 aromatic heterocycles. The molecule has 0 bridgehead atoms. The molecule has 0 aromatic carbocycles. The van der Waals surface area contributed by atoms with Crippen LogP contribution in [0.2, 0.25) is 0 Å². The van der Waals surface area contributed by atoms with Gasteiger partial charge in [0, 0.05) is 5.97 Å². The van der Waals surface area contributed by atoms with Crippen LogP contribution in [0.1, 0.15) is 39.5 Å². The number of carbonyl (C=O) groups is 1. The molecule has 0 amide bonds. The van der Waals surface area contributed by atoms with Crippen molar-refractivity contribution in [3.63, 3.8) is 0 Å². The Balaban J connectivity index is 3.58. The highest BCUT2D eigenvalue weighted by Gasteiger charge is 2.04. The molecule has 0 aromatic rings. The first-order chi connectivity index (χ1) is 5.72. The maximum Gasteiger partial charge on any atom is 0.0445 e. The molecule has 0 radical (unpaired) electrons. The SMILES string of the molecule is CC/C=C/CCC(CC)C(=O)[O-]. The van der Waals surface area contributed by atoms with Crippen LogP contribution in [-0.2, 0) is 4.79 Å². The number of carboxylic acids is 1. The summed E-state index contributed by atoms with van der Waals surface area (Å²) in [6.07, 6.45) is 7.33. The summed E-state index contributed by atoms with van der Waals surface area (Å²) in [6, 6.07) is 0. The van der Waals surface area contributed by atoms with Crippen LogP contribution in [0.25, 0.3) is 0 Å². The van der Waals surface area contributed by atoms with Crippen LogP contribution in [-0.4, -0.2) is 5.97 Å². The molecule has 2 heteroatoms. The Morgan fingerprint density at radius 2 is 2.08 bits per heavy atom. The highest BCUT2D eigenvalue weighted by molar-refractivity contribution is 5.67. The van der Waals surface area contributed by atoms with Gasteiger partial charge in [0.1, 0.15) is 0 Å². The highest BCUT2D eigenvalue weighted by atomic mass is 16.4. The van der Waals surface area contributed by atoms with Crippen LogP contribution in [0.4, 0.5) is 0 Å². The first-order valence-corrected chi connectivity index (χ1v) is 4.58. The zero-order valence-electron chi connectivity index (χ0n) is 7.88. The van der Waals surface area contributed by atoms with Crippen molar-refractivity contribution >= 4 is 5.97 Å². The summed E-state index contributed by atoms with van der Waals surface area (Å²) < 4.78 is 0. The first kappa shape index (κ1) is 11.2. The number of aliphatic carboxylic acids is 1. The normalized spacial score (nSPS) is 13.5. The van der Waals surface area contributed by atoms with Crippen LogP contribution in [0.3, 0.4) is 0 Å². The highest BCUT2D eigenvalue weighted by Crippen LogP contribution is 2.10. The van der Waals surface area contributed by atoms with E-state index in [1.165, 1.54) is 0 Å². The lowest BCUT2D eigenvalue weighted by molar-refractivity contribution is -0.311. The van der Waals surface area contributed by atoms with E-state index in [9.17, 15) is 9.90 Å². The molecule has 0 aliphatic heterocycles. The third-order valence-corrected chi connectivity index (χ3v) is 1.91. The van der Waals surface area contributed by atoms with Crippen LogP contribution < -0.4 is 5.11 Å². The number of allylic oxidation sites excluding steroid dienone is 2. The lowest BCUT2D eigenvalue weighted by Crippen LogP contribution is -2.30. The van der Waals surface area contributed by atoms with Gasteiger partial charge in [0.2, 0.25) is 0 Å². The van der Waals surface area contributed by atoms with Crippen molar-refractivity contribution in [2.45, 2.75) is 39.5 Å². The monoisotopic (exact) mass is 169 g/mol. The maximum absolute atomic E-state index is 10.5. The van der Waals surface area contributed by atoms with Gasteiger partial charge in [0.15, 0.2) is 0 Å². The van der Waals surface area contributed by atoms with Crippen LogP contribution in [0.15, 0.2) is 12.2 Å². The smallest absolute Gasteiger partial charge is 0.0445 e. The Morgan fingerprint density at radius 3 is 2.50 bits per heavy atom. The maximum atomic E-state index is 10.5. The fourth-order valence-corrected chi connectivity index (χ4v) is 1.07. The number of hydrogen-bond donors (Lipinski definition) is 0. The largest absolute Gasteiger partial charge is 0.550 e. The van der Waals surface area contributed by atoms with Crippen molar-refractivity contribution < 1.29 is 9.90 Å². The zero-order valence-corrected chi connectivity index (χ0v) is 7.88. The van der Waals surface area contributed by atoms with E-state index >= 15 is 0 Å². The summed E-state index contributed by atoms with van der Waals surface area (Å²) in [5.41, 5.74) is 0. The second-order valence-corrected chi connectivity index (χ2v) is 2.88. The van der Waals surface area contributed by atoms with Gasteiger partial charge in [-0.3, -0.25) is 0 Å². The molecule has 0 saturated heterocycles. The van der Waals surface area contributed by atoms with Gasteiger partial charge in [-0.1, -0.05) is 26.0 Å². The molecular weight excluding hydrogens is 152 g/mol. The lowest BCUT2D eigenvalue weighted by Gasteiger charge is -2.13. The van der Waals surface area contributed by atoms with E-state index in [2.05, 4.69) is 13.0 Å². The summed E-state index contributed by atoms with van der Waals surface area (Å²) in [5, 5.41) is 10.5. The Kier molecular flexibility index (Phi) is 6.44. The van der Waals surface area contributed by atoms with Gasteiger partial charge in [-0.2, -0.15) is 0 Å². The Hall–Kier alpha value is -0.790. The van der Waals surface area contributed by atoms with Crippen molar-refractivity contribution in [3.8, 4) is 0 Å². The summed E-state index contributed by atoms with van der Waals surface area (Å²) in [4.78, 5) is 10.5. The van der Waals surface area contributed by atoms with E-state index < -0.39 is 5.97 Å². The Morgan fingerprint density at radius 1 is 1.42 bits per heavy atom. The molecule has 12 heavy (non-hydrogen) atoms. The van der Waals surface area contributed by atoms with Gasteiger partial charge in [0.05, 0.1) is 0 Å². The minimum Gasteiger partial charge on any atom is -0.550 e. The van der Waals surface area contributed by atoms with Gasteiger partial charge >= 0.3 is 0 Å². The van der Waals surface area contributed by atoms with Crippen LogP contribution in [0.5, 0.6) is 0 Å². The van der Waals surface area contributed by atoms with Crippen LogP contribution in [0, 0.1) is 5.92 Å². The fourth-order valence-electron chi connectivity index (χ4n) is 1.07. The summed E-state index contributed by atoms with van der Waals surface area (Å²) in [7, 11) is 0. The Bertz CT molecular complexity index is 150. The molecule has 0 fully saturated rings. The van der Waals surface area contributed by atoms with Crippen molar-refractivity contribution in [2.75, 3.05) is 0 Å². The van der Waals surface area contributed by atoms with E-state index in [0.29, 0.717) is 12.8 Å². The van der Waals surface area contributed by atoms with E-state index in [1.54, 1.807) is 0 Å². The molecule has 0 spiro atoms. The number of carbonyl (C=O) groups excluding carboxylic acids is 1. The number of carboxylic acid groups (broad SMARTS) is 1. The Labute approximate surface area is 74.3 Å². The molecule has 1 unspecified atom stereocenters. The standard InChI is InChI=1S/C10H18O2/c1-3-5-6-7-8-9(4-2)10(11)12/h5-6,9H,3-4,7-8H2,1-2H3,(H,11,12)/p-1/b6-5+. The third kappa shape index (κ3) is 4.94. The van der Waals surface area contributed by atoms with Crippen molar-refractivity contribution in [2.24, 2.45) is 5.92 Å². The fraction of sp³-hybridized carbons (Fsp3) is 0.700. The number of hydrogen-bond acceptors (Lipinski definition) is 2. The molecule has 1 atom stereocenters. The molecule has 70 valence electrons. The topological polar surface area (TPSA) is 40.1 Å².